The highest BCUT2D eigenvalue weighted by molar-refractivity contribution is 7.99. The van der Waals surface area contributed by atoms with Gasteiger partial charge in [0.2, 0.25) is 11.1 Å². The van der Waals surface area contributed by atoms with Crippen LogP contribution in [-0.2, 0) is 21.2 Å². The molecule has 1 aromatic heterocycles. The molecule has 142 valence electrons. The van der Waals surface area contributed by atoms with Crippen LogP contribution in [0.4, 0.5) is 0 Å². The van der Waals surface area contributed by atoms with Crippen molar-refractivity contribution in [2.45, 2.75) is 57.8 Å². The van der Waals surface area contributed by atoms with Gasteiger partial charge in [-0.15, -0.1) is 5.10 Å². The van der Waals surface area contributed by atoms with Crippen LogP contribution in [0.25, 0.3) is 0 Å². The third-order valence-electron chi connectivity index (χ3n) is 4.08. The predicted molar refractivity (Wildman–Crippen MR) is 97.1 cm³/mol. The summed E-state index contributed by atoms with van der Waals surface area (Å²) in [7, 11) is -3.01. The molecule has 1 unspecified atom stereocenters. The van der Waals surface area contributed by atoms with E-state index >= 15 is 0 Å². The normalized spacial score (nSPS) is 19.4. The summed E-state index contributed by atoms with van der Waals surface area (Å²) in [6, 6.07) is -0.198. The Balaban J connectivity index is 1.99. The first-order valence-electron chi connectivity index (χ1n) is 8.71. The maximum atomic E-state index is 12.7. The SMILES string of the molecule is CCCCN(C(=O)CSc1nnnn1CC(C)C)C1CCS(=O)(=O)C1. The average Bonchev–Trinajstić information content (AvgIpc) is 3.11. The van der Waals surface area contributed by atoms with Gasteiger partial charge in [-0.1, -0.05) is 39.0 Å². The minimum atomic E-state index is -3.01. The lowest BCUT2D eigenvalue weighted by atomic mass is 10.2. The van der Waals surface area contributed by atoms with Gasteiger partial charge in [0.25, 0.3) is 0 Å². The quantitative estimate of drug-likeness (QED) is 0.586. The maximum Gasteiger partial charge on any atom is 0.233 e. The number of tetrazole rings is 1. The van der Waals surface area contributed by atoms with E-state index in [2.05, 4.69) is 36.3 Å². The highest BCUT2D eigenvalue weighted by Crippen LogP contribution is 2.21. The maximum absolute atomic E-state index is 12.7. The van der Waals surface area contributed by atoms with Crippen molar-refractivity contribution < 1.29 is 13.2 Å². The molecule has 0 saturated carbocycles. The van der Waals surface area contributed by atoms with Crippen molar-refractivity contribution in [2.75, 3.05) is 23.8 Å². The monoisotopic (exact) mass is 389 g/mol. The summed E-state index contributed by atoms with van der Waals surface area (Å²) in [5.74, 6) is 0.840. The first-order chi connectivity index (χ1) is 11.8. The molecule has 1 aromatic rings. The van der Waals surface area contributed by atoms with Gasteiger partial charge in [-0.3, -0.25) is 4.79 Å². The van der Waals surface area contributed by atoms with E-state index in [9.17, 15) is 13.2 Å². The fraction of sp³-hybridized carbons (Fsp3) is 0.867. The second kappa shape index (κ2) is 8.98. The molecular formula is C15H27N5O3S2. The van der Waals surface area contributed by atoms with Crippen molar-refractivity contribution in [3.8, 4) is 0 Å². The Labute approximate surface area is 153 Å². The summed E-state index contributed by atoms with van der Waals surface area (Å²) in [4.78, 5) is 14.5. The van der Waals surface area contributed by atoms with E-state index in [1.165, 1.54) is 11.8 Å². The van der Waals surface area contributed by atoms with E-state index in [0.29, 0.717) is 30.6 Å². The number of amides is 1. The number of carbonyl (C=O) groups excluding carboxylic acids is 1. The first-order valence-corrected chi connectivity index (χ1v) is 11.5. The zero-order valence-electron chi connectivity index (χ0n) is 15.1. The molecule has 1 aliphatic rings. The Morgan fingerprint density at radius 3 is 2.80 bits per heavy atom. The Kier molecular flexibility index (Phi) is 7.24. The second-order valence-electron chi connectivity index (χ2n) is 6.82. The van der Waals surface area contributed by atoms with Crippen LogP contribution < -0.4 is 0 Å². The molecule has 0 N–H and O–H groups in total. The number of carbonyl (C=O) groups is 1. The van der Waals surface area contributed by atoms with Crippen LogP contribution in [0.2, 0.25) is 0 Å². The summed E-state index contributed by atoms with van der Waals surface area (Å²) < 4.78 is 25.2. The largest absolute Gasteiger partial charge is 0.338 e. The van der Waals surface area contributed by atoms with Crippen LogP contribution in [0, 0.1) is 5.92 Å². The topological polar surface area (TPSA) is 98.1 Å². The van der Waals surface area contributed by atoms with Crippen molar-refractivity contribution in [1.82, 2.24) is 25.1 Å². The number of aromatic nitrogens is 4. The van der Waals surface area contributed by atoms with Gasteiger partial charge in [0.15, 0.2) is 9.84 Å². The minimum Gasteiger partial charge on any atom is -0.338 e. The fourth-order valence-electron chi connectivity index (χ4n) is 2.83. The lowest BCUT2D eigenvalue weighted by molar-refractivity contribution is -0.130. The van der Waals surface area contributed by atoms with E-state index in [4.69, 9.17) is 0 Å². The Bertz CT molecular complexity index is 674. The van der Waals surface area contributed by atoms with E-state index in [-0.39, 0.29) is 29.2 Å². The molecule has 2 heterocycles. The molecule has 1 aliphatic heterocycles. The van der Waals surface area contributed by atoms with Crippen LogP contribution >= 0.6 is 11.8 Å². The number of thioether (sulfide) groups is 1. The van der Waals surface area contributed by atoms with Crippen LogP contribution in [0.15, 0.2) is 5.16 Å². The lowest BCUT2D eigenvalue weighted by Gasteiger charge is -2.28. The zero-order chi connectivity index (χ0) is 18.4. The Morgan fingerprint density at radius 1 is 1.44 bits per heavy atom. The molecule has 25 heavy (non-hydrogen) atoms. The van der Waals surface area contributed by atoms with Crippen LogP contribution in [0.5, 0.6) is 0 Å². The molecule has 10 heteroatoms. The van der Waals surface area contributed by atoms with Crippen LogP contribution in [0.3, 0.4) is 0 Å². The number of sulfone groups is 1. The molecule has 0 bridgehead atoms. The van der Waals surface area contributed by atoms with E-state index < -0.39 is 9.84 Å². The number of rotatable bonds is 9. The van der Waals surface area contributed by atoms with Crippen LogP contribution in [-0.4, -0.2) is 69.3 Å². The number of hydrogen-bond acceptors (Lipinski definition) is 7. The molecule has 1 fully saturated rings. The molecular weight excluding hydrogens is 362 g/mol. The molecule has 1 amide bonds. The second-order valence-corrected chi connectivity index (χ2v) is 9.99. The van der Waals surface area contributed by atoms with Crippen molar-refractivity contribution in [2.24, 2.45) is 5.92 Å². The van der Waals surface area contributed by atoms with Gasteiger partial charge in [-0.05, 0) is 29.2 Å². The summed E-state index contributed by atoms with van der Waals surface area (Å²) in [6.07, 6.45) is 2.37. The molecule has 0 spiro atoms. The summed E-state index contributed by atoms with van der Waals surface area (Å²) in [5, 5.41) is 12.2. The first kappa shape index (κ1) is 20.2. The Hall–Kier alpha value is -1.16. The van der Waals surface area contributed by atoms with Gasteiger partial charge in [0.1, 0.15) is 0 Å². The zero-order valence-corrected chi connectivity index (χ0v) is 16.7. The van der Waals surface area contributed by atoms with Gasteiger partial charge in [-0.25, -0.2) is 13.1 Å². The van der Waals surface area contributed by atoms with E-state index in [1.807, 2.05) is 0 Å². The number of unbranched alkanes of at least 4 members (excludes halogenated alkanes) is 1. The smallest absolute Gasteiger partial charge is 0.233 e. The highest BCUT2D eigenvalue weighted by Gasteiger charge is 2.34. The fourth-order valence-corrected chi connectivity index (χ4v) is 5.33. The number of nitrogens with zero attached hydrogens (tertiary/aromatic N) is 5. The molecule has 0 aromatic carbocycles. The van der Waals surface area contributed by atoms with Crippen molar-refractivity contribution >= 4 is 27.5 Å². The highest BCUT2D eigenvalue weighted by atomic mass is 32.2. The number of hydrogen-bond donors (Lipinski definition) is 0. The van der Waals surface area contributed by atoms with Crippen molar-refractivity contribution in [1.29, 1.82) is 0 Å². The molecule has 8 nitrogen and oxygen atoms in total. The summed E-state index contributed by atoms with van der Waals surface area (Å²) in [6.45, 7) is 7.52. The third kappa shape index (κ3) is 5.95. The van der Waals surface area contributed by atoms with Crippen molar-refractivity contribution in [3.63, 3.8) is 0 Å². The van der Waals surface area contributed by atoms with Crippen molar-refractivity contribution in [3.05, 3.63) is 0 Å². The summed E-state index contributed by atoms with van der Waals surface area (Å²) in [5.41, 5.74) is 0. The van der Waals surface area contributed by atoms with Gasteiger partial charge >= 0.3 is 0 Å². The lowest BCUT2D eigenvalue weighted by Crippen LogP contribution is -2.42. The Morgan fingerprint density at radius 2 is 2.20 bits per heavy atom. The summed E-state index contributed by atoms with van der Waals surface area (Å²) >= 11 is 1.31. The predicted octanol–water partition coefficient (Wildman–Crippen LogP) is 1.24. The van der Waals surface area contributed by atoms with Crippen LogP contribution in [0.1, 0.15) is 40.0 Å². The molecule has 2 rings (SSSR count). The molecule has 0 radical (unpaired) electrons. The van der Waals surface area contributed by atoms with Gasteiger partial charge < -0.3 is 4.90 Å². The standard InChI is InChI=1S/C15H27N5O3S2/c1-4-5-7-19(13-6-8-25(22,23)11-13)14(21)10-24-15-16-17-18-20(15)9-12(2)3/h12-13H,4-11H2,1-3H3. The minimum absolute atomic E-state index is 0.0420. The van der Waals surface area contributed by atoms with Gasteiger partial charge in [0, 0.05) is 19.1 Å². The third-order valence-corrected chi connectivity index (χ3v) is 6.78. The molecule has 1 atom stereocenters. The van der Waals surface area contributed by atoms with E-state index in [0.717, 1.165) is 12.8 Å². The molecule has 0 aliphatic carbocycles. The molecule has 1 saturated heterocycles. The average molecular weight is 390 g/mol. The van der Waals surface area contributed by atoms with Gasteiger partial charge in [0.05, 0.1) is 17.3 Å². The van der Waals surface area contributed by atoms with Gasteiger partial charge in [-0.2, -0.15) is 0 Å². The van der Waals surface area contributed by atoms with E-state index in [1.54, 1.807) is 9.58 Å².